The van der Waals surface area contributed by atoms with Gasteiger partial charge in [0.25, 0.3) is 0 Å². The van der Waals surface area contributed by atoms with Gasteiger partial charge >= 0.3 is 0 Å². The number of aromatic nitrogens is 1. The number of rotatable bonds is 9. The van der Waals surface area contributed by atoms with E-state index in [1.807, 2.05) is 0 Å². The van der Waals surface area contributed by atoms with E-state index in [1.165, 1.54) is 55.2 Å². The molecule has 0 fully saturated rings. The third kappa shape index (κ3) is 7.25. The molecule has 11 aromatic carbocycles. The Labute approximate surface area is 401 Å². The molecular weight excluding hydrogens is 837 g/mol. The minimum absolute atomic E-state index is 0.844. The van der Waals surface area contributed by atoms with E-state index in [0.717, 1.165) is 66.9 Å². The van der Waals surface area contributed by atoms with E-state index in [1.54, 1.807) is 0 Å². The van der Waals surface area contributed by atoms with Crippen LogP contribution in [0.15, 0.2) is 271 Å². The molecule has 0 bridgehead atoms. The number of hydrogen-bond acceptors (Lipinski definition) is 2. The van der Waals surface area contributed by atoms with Crippen LogP contribution >= 0.6 is 0 Å². The summed E-state index contributed by atoms with van der Waals surface area (Å²) >= 11 is 0. The van der Waals surface area contributed by atoms with Gasteiger partial charge in [-0.25, -0.2) is 0 Å². The number of hydrogen-bond donors (Lipinski definition) is 0. The molecule has 0 aliphatic rings. The third-order valence-corrected chi connectivity index (χ3v) is 13.6. The second kappa shape index (κ2) is 16.9. The zero-order chi connectivity index (χ0) is 45.7. The quantitative estimate of drug-likeness (QED) is 0.144. The number of nitrogens with zero attached hydrogens (tertiary/aromatic N) is 2. The largest absolute Gasteiger partial charge is 0.456 e. The molecule has 0 saturated carbocycles. The highest BCUT2D eigenvalue weighted by Gasteiger charge is 2.21. The summed E-state index contributed by atoms with van der Waals surface area (Å²) in [6, 6.07) is 96.0. The van der Waals surface area contributed by atoms with Gasteiger partial charge < -0.3 is 13.9 Å². The van der Waals surface area contributed by atoms with Crippen molar-refractivity contribution in [3.05, 3.63) is 267 Å². The summed E-state index contributed by atoms with van der Waals surface area (Å²) in [7, 11) is 0. The Morgan fingerprint density at radius 2 is 0.696 bits per heavy atom. The van der Waals surface area contributed by atoms with Gasteiger partial charge in [-0.2, -0.15) is 0 Å². The Morgan fingerprint density at radius 1 is 0.275 bits per heavy atom. The van der Waals surface area contributed by atoms with E-state index in [9.17, 15) is 0 Å². The van der Waals surface area contributed by atoms with E-state index in [-0.39, 0.29) is 0 Å². The van der Waals surface area contributed by atoms with E-state index in [0.29, 0.717) is 0 Å². The van der Waals surface area contributed by atoms with Gasteiger partial charge in [0, 0.05) is 33.2 Å². The normalized spacial score (nSPS) is 11.5. The van der Waals surface area contributed by atoms with Gasteiger partial charge in [-0.15, -0.1) is 0 Å². The summed E-state index contributed by atoms with van der Waals surface area (Å²) in [5, 5.41) is 4.59. The van der Waals surface area contributed by atoms with Crippen LogP contribution in [0.1, 0.15) is 0 Å². The molecule has 3 heteroatoms. The Morgan fingerprint density at radius 3 is 1.25 bits per heavy atom. The molecule has 69 heavy (non-hydrogen) atoms. The minimum Gasteiger partial charge on any atom is -0.456 e. The summed E-state index contributed by atoms with van der Waals surface area (Å²) in [5.74, 6) is 0. The highest BCUT2D eigenvalue weighted by atomic mass is 16.3. The maximum Gasteiger partial charge on any atom is 0.137 e. The lowest BCUT2D eigenvalue weighted by Crippen LogP contribution is -2.10. The average molecular weight is 881 g/mol. The van der Waals surface area contributed by atoms with Crippen molar-refractivity contribution < 1.29 is 4.42 Å². The molecule has 0 radical (unpaired) electrons. The molecular formula is C66H44N2O. The van der Waals surface area contributed by atoms with E-state index in [4.69, 9.17) is 4.42 Å². The summed E-state index contributed by atoms with van der Waals surface area (Å²) in [6.07, 6.45) is 0. The topological polar surface area (TPSA) is 21.3 Å². The summed E-state index contributed by atoms with van der Waals surface area (Å²) in [4.78, 5) is 2.37. The fraction of sp³-hybridized carbons (Fsp3) is 0. The van der Waals surface area contributed by atoms with Crippen molar-refractivity contribution in [3.8, 4) is 61.3 Å². The molecule has 0 aliphatic carbocycles. The molecule has 0 atom stereocenters. The Hall–Kier alpha value is -9.18. The SMILES string of the molecule is c1ccc(-c2ccc(-c3ccc(N(c4ccc(-c5ccc(-c6ccccc6)cc5)cc4)c4cccc5oc6ccc(-c7ccc8c(c7)c7ccccc7n8-c7ccccc7)cc6c45)cc3)cc2)cc1. The van der Waals surface area contributed by atoms with Crippen LogP contribution in [0.2, 0.25) is 0 Å². The third-order valence-electron chi connectivity index (χ3n) is 13.6. The number of furan rings is 1. The average Bonchev–Trinajstić information content (AvgIpc) is 3.98. The van der Waals surface area contributed by atoms with Crippen molar-refractivity contribution in [1.82, 2.24) is 4.57 Å². The lowest BCUT2D eigenvalue weighted by molar-refractivity contribution is 0.669. The molecule has 2 aromatic heterocycles. The predicted molar refractivity (Wildman–Crippen MR) is 290 cm³/mol. The van der Waals surface area contributed by atoms with Gasteiger partial charge in [0.15, 0.2) is 0 Å². The molecule has 0 saturated heterocycles. The van der Waals surface area contributed by atoms with Gasteiger partial charge in [0.1, 0.15) is 11.2 Å². The van der Waals surface area contributed by atoms with Gasteiger partial charge in [-0.3, -0.25) is 0 Å². The van der Waals surface area contributed by atoms with Crippen molar-refractivity contribution in [1.29, 1.82) is 0 Å². The van der Waals surface area contributed by atoms with Crippen molar-refractivity contribution in [3.63, 3.8) is 0 Å². The van der Waals surface area contributed by atoms with Gasteiger partial charge in [-0.05, 0) is 134 Å². The van der Waals surface area contributed by atoms with Gasteiger partial charge in [-0.1, -0.05) is 188 Å². The molecule has 0 aliphatic heterocycles. The van der Waals surface area contributed by atoms with Crippen LogP contribution in [0.3, 0.4) is 0 Å². The maximum absolute atomic E-state index is 6.69. The number of fused-ring (bicyclic) bond motifs is 6. The molecule has 0 N–H and O–H groups in total. The first kappa shape index (κ1) is 40.1. The van der Waals surface area contributed by atoms with Crippen molar-refractivity contribution >= 4 is 60.8 Å². The molecule has 0 spiro atoms. The van der Waals surface area contributed by atoms with Crippen LogP contribution in [0.5, 0.6) is 0 Å². The van der Waals surface area contributed by atoms with Crippen molar-refractivity contribution in [2.45, 2.75) is 0 Å². The molecule has 13 rings (SSSR count). The van der Waals surface area contributed by atoms with Gasteiger partial charge in [0.2, 0.25) is 0 Å². The molecule has 3 nitrogen and oxygen atoms in total. The summed E-state index contributed by atoms with van der Waals surface area (Å²) < 4.78 is 9.06. The van der Waals surface area contributed by atoms with Crippen LogP contribution in [-0.4, -0.2) is 4.57 Å². The Kier molecular flexibility index (Phi) is 9.84. The van der Waals surface area contributed by atoms with E-state index in [2.05, 4.69) is 276 Å². The fourth-order valence-electron chi connectivity index (χ4n) is 10.2. The zero-order valence-corrected chi connectivity index (χ0v) is 37.7. The number of para-hydroxylation sites is 2. The van der Waals surface area contributed by atoms with Crippen molar-refractivity contribution in [2.75, 3.05) is 4.90 Å². The monoisotopic (exact) mass is 880 g/mol. The summed E-state index contributed by atoms with van der Waals surface area (Å²) in [5.41, 5.74) is 20.2. The first-order valence-electron chi connectivity index (χ1n) is 23.6. The van der Waals surface area contributed by atoms with E-state index < -0.39 is 0 Å². The lowest BCUT2D eigenvalue weighted by Gasteiger charge is -2.26. The second-order valence-electron chi connectivity index (χ2n) is 17.7. The lowest BCUT2D eigenvalue weighted by atomic mass is 9.99. The number of anilines is 3. The highest BCUT2D eigenvalue weighted by molar-refractivity contribution is 6.15. The highest BCUT2D eigenvalue weighted by Crippen LogP contribution is 2.45. The fourth-order valence-corrected chi connectivity index (χ4v) is 10.2. The van der Waals surface area contributed by atoms with Crippen LogP contribution < -0.4 is 4.90 Å². The Bertz CT molecular complexity index is 3820. The van der Waals surface area contributed by atoms with Crippen molar-refractivity contribution in [2.24, 2.45) is 0 Å². The molecule has 2 heterocycles. The first-order valence-corrected chi connectivity index (χ1v) is 23.6. The van der Waals surface area contributed by atoms with Crippen LogP contribution in [0.4, 0.5) is 17.1 Å². The zero-order valence-electron chi connectivity index (χ0n) is 37.7. The Balaban J connectivity index is 0.917. The maximum atomic E-state index is 6.69. The van der Waals surface area contributed by atoms with Crippen LogP contribution in [0.25, 0.3) is 105 Å². The molecule has 0 unspecified atom stereocenters. The second-order valence-corrected chi connectivity index (χ2v) is 17.7. The molecule has 0 amide bonds. The predicted octanol–water partition coefficient (Wildman–Crippen LogP) is 18.5. The van der Waals surface area contributed by atoms with Gasteiger partial charge in [0.05, 0.1) is 22.1 Å². The first-order chi connectivity index (χ1) is 34.2. The standard InChI is InChI=1S/C66H44N2O/c1-4-13-45(14-5-1)47-23-27-49(28-24-47)51-31-37-56(38-32-51)67(57-39-33-52(34-40-57)50-29-25-48(26-30-50)46-15-6-2-7-16-46)63-21-12-22-65-66(63)60-44-54(36-42-64(60)69-65)53-35-41-62-59(43-53)58-19-10-11-20-61(58)68(62)55-17-8-3-9-18-55/h1-44H. The minimum atomic E-state index is 0.844. The van der Waals surface area contributed by atoms with E-state index >= 15 is 0 Å². The number of benzene rings is 11. The van der Waals surface area contributed by atoms with Crippen LogP contribution in [0, 0.1) is 0 Å². The molecule has 324 valence electrons. The van der Waals surface area contributed by atoms with Crippen LogP contribution in [-0.2, 0) is 0 Å². The smallest absolute Gasteiger partial charge is 0.137 e. The summed E-state index contributed by atoms with van der Waals surface area (Å²) in [6.45, 7) is 0. The molecule has 13 aromatic rings.